The molecule has 0 aliphatic carbocycles. The number of hydrogen-bond donors (Lipinski definition) is 0. The van der Waals surface area contributed by atoms with Gasteiger partial charge < -0.3 is 9.42 Å². The van der Waals surface area contributed by atoms with E-state index in [-0.39, 0.29) is 22.5 Å². The third kappa shape index (κ3) is 3.81. The van der Waals surface area contributed by atoms with E-state index in [0.29, 0.717) is 31.7 Å². The molecule has 28 heavy (non-hydrogen) atoms. The van der Waals surface area contributed by atoms with Gasteiger partial charge in [0.25, 0.3) is 0 Å². The average molecular weight is 404 g/mol. The number of likely N-dealkylation sites (tertiary alicyclic amines) is 1. The first-order valence-electron chi connectivity index (χ1n) is 9.79. The third-order valence-electron chi connectivity index (χ3n) is 5.32. The van der Waals surface area contributed by atoms with Gasteiger partial charge in [-0.25, -0.2) is 8.42 Å². The number of aromatic nitrogens is 2. The van der Waals surface area contributed by atoms with Crippen LogP contribution in [0.2, 0.25) is 0 Å². The predicted molar refractivity (Wildman–Crippen MR) is 102 cm³/mol. The molecule has 1 amide bonds. The van der Waals surface area contributed by atoms with Crippen LogP contribution in [-0.4, -0.2) is 59.8 Å². The van der Waals surface area contributed by atoms with Gasteiger partial charge in [-0.15, -0.1) is 0 Å². The van der Waals surface area contributed by atoms with Gasteiger partial charge in [-0.1, -0.05) is 18.0 Å². The highest BCUT2D eigenvalue weighted by molar-refractivity contribution is 7.89. The number of sulfonamides is 1. The Kier molecular flexibility index (Phi) is 5.45. The Morgan fingerprint density at radius 2 is 1.50 bits per heavy atom. The summed E-state index contributed by atoms with van der Waals surface area (Å²) in [6.45, 7) is 2.55. The van der Waals surface area contributed by atoms with Crippen molar-refractivity contribution < 1.29 is 17.7 Å². The second-order valence-corrected chi connectivity index (χ2v) is 9.20. The molecular weight excluding hydrogens is 380 g/mol. The molecule has 3 heterocycles. The molecule has 4 rings (SSSR count). The lowest BCUT2D eigenvalue weighted by Crippen LogP contribution is -2.31. The van der Waals surface area contributed by atoms with E-state index in [4.69, 9.17) is 4.52 Å². The van der Waals surface area contributed by atoms with Crippen molar-refractivity contribution in [1.82, 2.24) is 19.3 Å². The zero-order valence-corrected chi connectivity index (χ0v) is 16.5. The minimum atomic E-state index is -3.50. The maximum atomic E-state index is 12.9. The fraction of sp³-hybridized carbons (Fsp3) is 0.526. The predicted octanol–water partition coefficient (Wildman–Crippen LogP) is 2.54. The minimum Gasteiger partial charge on any atom is -0.334 e. The fourth-order valence-corrected chi connectivity index (χ4v) is 5.21. The lowest BCUT2D eigenvalue weighted by molar-refractivity contribution is 0.0743. The normalized spacial score (nSPS) is 18.9. The first-order chi connectivity index (χ1) is 13.6. The molecule has 8 nitrogen and oxygen atoms in total. The van der Waals surface area contributed by atoms with Gasteiger partial charge >= 0.3 is 11.8 Å². The monoisotopic (exact) mass is 404 g/mol. The van der Waals surface area contributed by atoms with Crippen molar-refractivity contribution in [3.63, 3.8) is 0 Å². The first-order valence-corrected chi connectivity index (χ1v) is 11.2. The van der Waals surface area contributed by atoms with Crippen molar-refractivity contribution in [2.24, 2.45) is 0 Å². The van der Waals surface area contributed by atoms with Gasteiger partial charge in [0.1, 0.15) is 0 Å². The molecule has 2 aliphatic rings. The van der Waals surface area contributed by atoms with Gasteiger partial charge in [-0.05, 0) is 49.9 Å². The van der Waals surface area contributed by atoms with Crippen LogP contribution in [0.4, 0.5) is 0 Å². The highest BCUT2D eigenvalue weighted by Crippen LogP contribution is 2.24. The Hall–Kier alpha value is -2.26. The Morgan fingerprint density at radius 3 is 2.14 bits per heavy atom. The molecule has 0 spiro atoms. The molecule has 2 aromatic rings. The molecule has 1 aromatic carbocycles. The number of hydrogen-bond acceptors (Lipinski definition) is 6. The highest BCUT2D eigenvalue weighted by Gasteiger charge is 2.27. The van der Waals surface area contributed by atoms with Crippen LogP contribution in [0, 0.1) is 0 Å². The van der Waals surface area contributed by atoms with Crippen LogP contribution in [0.1, 0.15) is 49.2 Å². The summed E-state index contributed by atoms with van der Waals surface area (Å²) in [6.07, 6.45) is 5.91. The van der Waals surface area contributed by atoms with Crippen molar-refractivity contribution in [2.75, 3.05) is 26.2 Å². The van der Waals surface area contributed by atoms with E-state index < -0.39 is 10.0 Å². The Labute approximate surface area is 164 Å². The van der Waals surface area contributed by atoms with Crippen LogP contribution in [0.5, 0.6) is 0 Å². The Morgan fingerprint density at radius 1 is 0.893 bits per heavy atom. The summed E-state index contributed by atoms with van der Waals surface area (Å²) >= 11 is 0. The summed E-state index contributed by atoms with van der Waals surface area (Å²) in [7, 11) is -3.50. The molecule has 0 N–H and O–H groups in total. The van der Waals surface area contributed by atoms with Gasteiger partial charge in [0, 0.05) is 31.7 Å². The van der Waals surface area contributed by atoms with Gasteiger partial charge in [0.05, 0.1) is 4.90 Å². The third-order valence-corrected chi connectivity index (χ3v) is 7.23. The number of amides is 1. The Balaban J connectivity index is 1.51. The number of benzene rings is 1. The van der Waals surface area contributed by atoms with Crippen molar-refractivity contribution in [1.29, 1.82) is 0 Å². The van der Waals surface area contributed by atoms with E-state index in [2.05, 4.69) is 10.1 Å². The van der Waals surface area contributed by atoms with Gasteiger partial charge in [0.15, 0.2) is 0 Å². The lowest BCUT2D eigenvalue weighted by atomic mass is 10.2. The molecule has 1 aromatic heterocycles. The SMILES string of the molecule is O=C(c1nc(-c2ccc(S(=O)(=O)N3CCCCCC3)cc2)no1)N1CCCC1. The van der Waals surface area contributed by atoms with E-state index in [9.17, 15) is 13.2 Å². The maximum Gasteiger partial charge on any atom is 0.316 e. The van der Waals surface area contributed by atoms with Crippen LogP contribution >= 0.6 is 0 Å². The molecule has 2 fully saturated rings. The van der Waals surface area contributed by atoms with Crippen LogP contribution in [0.25, 0.3) is 11.4 Å². The molecule has 0 bridgehead atoms. The van der Waals surface area contributed by atoms with E-state index >= 15 is 0 Å². The maximum absolute atomic E-state index is 12.9. The fourth-order valence-electron chi connectivity index (χ4n) is 3.69. The van der Waals surface area contributed by atoms with Crippen LogP contribution in [0.15, 0.2) is 33.7 Å². The molecule has 0 saturated carbocycles. The summed E-state index contributed by atoms with van der Waals surface area (Å²) in [5.74, 6) is -0.00366. The smallest absolute Gasteiger partial charge is 0.316 e. The molecule has 2 saturated heterocycles. The number of carbonyl (C=O) groups excluding carboxylic acids is 1. The molecular formula is C19H24N4O4S. The minimum absolute atomic E-state index is 0.0295. The number of rotatable bonds is 4. The molecule has 0 atom stereocenters. The van der Waals surface area contributed by atoms with Crippen molar-refractivity contribution in [2.45, 2.75) is 43.4 Å². The summed E-state index contributed by atoms with van der Waals surface area (Å²) < 4.78 is 32.4. The van der Waals surface area contributed by atoms with Gasteiger partial charge in [0.2, 0.25) is 15.8 Å². The second-order valence-electron chi connectivity index (χ2n) is 7.27. The van der Waals surface area contributed by atoms with Gasteiger partial charge in [-0.3, -0.25) is 4.79 Å². The first kappa shape index (κ1) is 19.1. The number of carbonyl (C=O) groups is 1. The Bertz CT molecular complexity index is 925. The largest absolute Gasteiger partial charge is 0.334 e. The second kappa shape index (κ2) is 8.00. The highest BCUT2D eigenvalue weighted by atomic mass is 32.2. The van der Waals surface area contributed by atoms with Gasteiger partial charge in [-0.2, -0.15) is 9.29 Å². The molecule has 9 heteroatoms. The number of nitrogens with zero attached hydrogens (tertiary/aromatic N) is 4. The summed E-state index contributed by atoms with van der Waals surface area (Å²) in [5, 5.41) is 3.88. The van der Waals surface area contributed by atoms with Crippen LogP contribution in [0.3, 0.4) is 0 Å². The summed E-state index contributed by atoms with van der Waals surface area (Å²) in [4.78, 5) is 18.5. The quantitative estimate of drug-likeness (QED) is 0.777. The summed E-state index contributed by atoms with van der Waals surface area (Å²) in [5.41, 5.74) is 0.610. The molecule has 2 aliphatic heterocycles. The van der Waals surface area contributed by atoms with Crippen molar-refractivity contribution in [3.05, 3.63) is 30.2 Å². The topological polar surface area (TPSA) is 96.6 Å². The molecule has 0 radical (unpaired) electrons. The van der Waals surface area contributed by atoms with Crippen LogP contribution in [-0.2, 0) is 10.0 Å². The zero-order valence-electron chi connectivity index (χ0n) is 15.7. The van der Waals surface area contributed by atoms with E-state index in [1.807, 2.05) is 0 Å². The molecule has 150 valence electrons. The van der Waals surface area contributed by atoms with E-state index in [1.54, 1.807) is 33.5 Å². The van der Waals surface area contributed by atoms with Crippen molar-refractivity contribution in [3.8, 4) is 11.4 Å². The average Bonchev–Trinajstić information content (AvgIpc) is 3.35. The van der Waals surface area contributed by atoms with E-state index in [0.717, 1.165) is 38.5 Å². The van der Waals surface area contributed by atoms with Crippen LogP contribution < -0.4 is 0 Å². The zero-order chi connectivity index (χ0) is 19.6. The standard InChI is InChI=1S/C19H24N4O4S/c24-19(22-11-5-6-12-22)18-20-17(21-27-18)15-7-9-16(10-8-15)28(25,26)23-13-3-1-2-4-14-23/h7-10H,1-6,11-14H2. The van der Waals surface area contributed by atoms with Crippen molar-refractivity contribution >= 4 is 15.9 Å². The lowest BCUT2D eigenvalue weighted by Gasteiger charge is -2.19. The van der Waals surface area contributed by atoms with E-state index in [1.165, 1.54) is 0 Å². The molecule has 0 unspecified atom stereocenters. The summed E-state index contributed by atoms with van der Waals surface area (Å²) in [6, 6.07) is 6.43.